The van der Waals surface area contributed by atoms with Crippen LogP contribution in [0.5, 0.6) is 5.75 Å². The van der Waals surface area contributed by atoms with Crippen molar-refractivity contribution >= 4 is 40.0 Å². The minimum Gasteiger partial charge on any atom is -0.494 e. The molecule has 10 heteroatoms. The number of aromatic nitrogens is 1. The van der Waals surface area contributed by atoms with E-state index in [1.165, 1.54) is 24.8 Å². The van der Waals surface area contributed by atoms with Crippen LogP contribution in [0.4, 0.5) is 13.2 Å². The number of carbonyl (C=O) groups is 1. The number of ether oxygens (including phenoxy) is 1. The summed E-state index contributed by atoms with van der Waals surface area (Å²) in [6.07, 6.45) is -1.07. The van der Waals surface area contributed by atoms with Crippen LogP contribution < -0.4 is 4.74 Å². The summed E-state index contributed by atoms with van der Waals surface area (Å²) in [7, 11) is 1.37. The maximum Gasteiger partial charge on any atom is 0.433 e. The molecule has 2 aromatic carbocycles. The van der Waals surface area contributed by atoms with Crippen LogP contribution in [0.2, 0.25) is 10.0 Å². The molecule has 40 heavy (non-hydrogen) atoms. The van der Waals surface area contributed by atoms with Gasteiger partial charge in [-0.05, 0) is 80.1 Å². The standard InChI is InChI=1S/C30H30Cl2F3N3O2/c1-18-17-38(12-9-20(18)15-19-3-6-24(31)25(32)16-19)21-10-13-37(14-11-21)29(39)23-4-7-26(40-2)28-22(23)5-8-27(36-28)30(33,34)35/h3-8,16,20-21H,1,9-15,17H2,2H3/t20-/m1/s1. The maximum atomic E-state index is 13.5. The molecule has 2 fully saturated rings. The van der Waals surface area contributed by atoms with Gasteiger partial charge in [-0.3, -0.25) is 9.69 Å². The van der Waals surface area contributed by atoms with Crippen molar-refractivity contribution in [2.45, 2.75) is 37.9 Å². The molecule has 1 amide bonds. The third-order valence-electron chi connectivity index (χ3n) is 8.04. The Morgan fingerprint density at radius 2 is 1.80 bits per heavy atom. The number of pyridine rings is 1. The SMILES string of the molecule is C=C1CN(C2CCN(C(=O)c3ccc(OC)c4nc(C(F)(F)F)ccc34)CC2)CC[C@@H]1Cc1ccc(Cl)c(Cl)c1. The first-order chi connectivity index (χ1) is 19.0. The van der Waals surface area contributed by atoms with Gasteiger partial charge in [0.25, 0.3) is 5.91 Å². The number of hydrogen-bond donors (Lipinski definition) is 0. The lowest BCUT2D eigenvalue weighted by Crippen LogP contribution is -2.49. The third kappa shape index (κ3) is 5.94. The van der Waals surface area contributed by atoms with Crippen molar-refractivity contribution in [2.75, 3.05) is 33.3 Å². The Balaban J connectivity index is 1.22. The second-order valence-electron chi connectivity index (χ2n) is 10.5. The lowest BCUT2D eigenvalue weighted by Gasteiger charge is -2.42. The van der Waals surface area contributed by atoms with Gasteiger partial charge in [0.15, 0.2) is 0 Å². The molecule has 5 nitrogen and oxygen atoms in total. The van der Waals surface area contributed by atoms with Gasteiger partial charge in [0.05, 0.1) is 17.2 Å². The minimum atomic E-state index is -4.59. The Morgan fingerprint density at radius 1 is 1.05 bits per heavy atom. The summed E-state index contributed by atoms with van der Waals surface area (Å²) < 4.78 is 45.0. The minimum absolute atomic E-state index is 0.0281. The van der Waals surface area contributed by atoms with Gasteiger partial charge in [-0.2, -0.15) is 13.2 Å². The van der Waals surface area contributed by atoms with Gasteiger partial charge in [0, 0.05) is 36.6 Å². The molecule has 5 rings (SSSR count). The molecule has 2 aliphatic heterocycles. The zero-order valence-corrected chi connectivity index (χ0v) is 23.6. The summed E-state index contributed by atoms with van der Waals surface area (Å²) in [6.45, 7) is 7.29. The number of methoxy groups -OCH3 is 1. The van der Waals surface area contributed by atoms with Crippen LogP contribution in [0, 0.1) is 5.92 Å². The van der Waals surface area contributed by atoms with E-state index in [1.54, 1.807) is 11.0 Å². The molecule has 0 bridgehead atoms. The molecular weight excluding hydrogens is 562 g/mol. The summed E-state index contributed by atoms with van der Waals surface area (Å²) in [5.74, 6) is 0.363. The van der Waals surface area contributed by atoms with E-state index in [-0.39, 0.29) is 17.2 Å². The molecule has 1 atom stereocenters. The molecule has 2 saturated heterocycles. The number of rotatable bonds is 5. The highest BCUT2D eigenvalue weighted by atomic mass is 35.5. The molecule has 0 unspecified atom stereocenters. The zero-order valence-electron chi connectivity index (χ0n) is 22.1. The monoisotopic (exact) mass is 591 g/mol. The van der Waals surface area contributed by atoms with Crippen molar-refractivity contribution in [1.82, 2.24) is 14.8 Å². The van der Waals surface area contributed by atoms with Crippen LogP contribution in [0.25, 0.3) is 10.9 Å². The van der Waals surface area contributed by atoms with Crippen molar-refractivity contribution < 1.29 is 22.7 Å². The number of hydrogen-bond acceptors (Lipinski definition) is 4. The van der Waals surface area contributed by atoms with Gasteiger partial charge in [0.1, 0.15) is 17.0 Å². The van der Waals surface area contributed by atoms with E-state index in [9.17, 15) is 18.0 Å². The Bertz CT molecular complexity index is 1440. The molecule has 212 valence electrons. The maximum absolute atomic E-state index is 13.5. The van der Waals surface area contributed by atoms with Crippen LogP contribution in [-0.2, 0) is 12.6 Å². The zero-order chi connectivity index (χ0) is 28.6. The molecule has 2 aliphatic rings. The molecule has 3 heterocycles. The molecule has 0 radical (unpaired) electrons. The lowest BCUT2D eigenvalue weighted by molar-refractivity contribution is -0.140. The Hall–Kier alpha value is -2.81. The number of fused-ring (bicyclic) bond motifs is 1. The van der Waals surface area contributed by atoms with E-state index in [2.05, 4.69) is 16.5 Å². The number of amides is 1. The molecular formula is C30H30Cl2F3N3O2. The van der Waals surface area contributed by atoms with E-state index < -0.39 is 11.9 Å². The summed E-state index contributed by atoms with van der Waals surface area (Å²) in [5.41, 5.74) is 1.68. The second kappa shape index (κ2) is 11.6. The topological polar surface area (TPSA) is 45.7 Å². The van der Waals surface area contributed by atoms with Crippen molar-refractivity contribution in [1.29, 1.82) is 0 Å². The summed E-state index contributed by atoms with van der Waals surface area (Å²) >= 11 is 12.2. The van der Waals surface area contributed by atoms with Crippen LogP contribution in [-0.4, -0.2) is 60.0 Å². The number of benzene rings is 2. The number of carbonyl (C=O) groups excluding carboxylic acids is 1. The van der Waals surface area contributed by atoms with E-state index in [1.807, 2.05) is 18.2 Å². The number of piperidine rings is 2. The quantitative estimate of drug-likeness (QED) is 0.292. The van der Waals surface area contributed by atoms with Crippen molar-refractivity contribution in [2.24, 2.45) is 5.92 Å². The third-order valence-corrected chi connectivity index (χ3v) is 8.78. The first-order valence-corrected chi connectivity index (χ1v) is 14.0. The predicted octanol–water partition coefficient (Wildman–Crippen LogP) is 7.29. The average molecular weight is 592 g/mol. The normalized spacial score (nSPS) is 19.3. The number of halogens is 5. The fourth-order valence-electron chi connectivity index (χ4n) is 5.81. The fraction of sp³-hybridized carbons (Fsp3) is 0.400. The van der Waals surface area contributed by atoms with E-state index in [0.717, 1.165) is 50.4 Å². The lowest BCUT2D eigenvalue weighted by atomic mass is 9.85. The van der Waals surface area contributed by atoms with Crippen LogP contribution >= 0.6 is 23.2 Å². The first-order valence-electron chi connectivity index (χ1n) is 13.2. The smallest absolute Gasteiger partial charge is 0.433 e. The highest BCUT2D eigenvalue weighted by molar-refractivity contribution is 6.42. The highest BCUT2D eigenvalue weighted by Gasteiger charge is 2.34. The second-order valence-corrected chi connectivity index (χ2v) is 11.3. The molecule has 0 N–H and O–H groups in total. The van der Waals surface area contributed by atoms with Crippen molar-refractivity contribution in [3.8, 4) is 5.75 Å². The molecule has 0 spiro atoms. The first kappa shape index (κ1) is 28.7. The number of likely N-dealkylation sites (tertiary alicyclic amines) is 2. The van der Waals surface area contributed by atoms with Crippen molar-refractivity contribution in [3.05, 3.63) is 81.5 Å². The Kier molecular flexibility index (Phi) is 8.32. The van der Waals surface area contributed by atoms with Crippen molar-refractivity contribution in [3.63, 3.8) is 0 Å². The fourth-order valence-corrected chi connectivity index (χ4v) is 6.13. The van der Waals surface area contributed by atoms with E-state index >= 15 is 0 Å². The summed E-state index contributed by atoms with van der Waals surface area (Å²) in [4.78, 5) is 21.5. The summed E-state index contributed by atoms with van der Waals surface area (Å²) in [5, 5.41) is 1.46. The molecule has 0 aliphatic carbocycles. The van der Waals surface area contributed by atoms with E-state index in [0.29, 0.717) is 46.0 Å². The van der Waals surface area contributed by atoms with Gasteiger partial charge in [-0.25, -0.2) is 4.98 Å². The van der Waals surface area contributed by atoms with Crippen LogP contribution in [0.15, 0.2) is 54.6 Å². The molecule has 3 aromatic rings. The predicted molar refractivity (Wildman–Crippen MR) is 151 cm³/mol. The van der Waals surface area contributed by atoms with E-state index in [4.69, 9.17) is 27.9 Å². The molecule has 0 saturated carbocycles. The highest BCUT2D eigenvalue weighted by Crippen LogP contribution is 2.35. The van der Waals surface area contributed by atoms with Gasteiger partial charge in [-0.15, -0.1) is 0 Å². The summed E-state index contributed by atoms with van der Waals surface area (Å²) in [6, 6.07) is 11.4. The van der Waals surface area contributed by atoms with Gasteiger partial charge in [-0.1, -0.05) is 41.4 Å². The Labute approximate surface area is 241 Å². The van der Waals surface area contributed by atoms with Gasteiger partial charge < -0.3 is 9.64 Å². The van der Waals surface area contributed by atoms with Gasteiger partial charge in [0.2, 0.25) is 0 Å². The molecule has 1 aromatic heterocycles. The largest absolute Gasteiger partial charge is 0.494 e. The number of alkyl halides is 3. The average Bonchev–Trinajstić information content (AvgIpc) is 2.94. The van der Waals surface area contributed by atoms with Gasteiger partial charge >= 0.3 is 6.18 Å². The number of nitrogens with zero attached hydrogens (tertiary/aromatic N) is 3. The van der Waals surface area contributed by atoms with Crippen LogP contribution in [0.1, 0.15) is 40.9 Å². The Morgan fingerprint density at radius 3 is 2.45 bits per heavy atom. The van der Waals surface area contributed by atoms with Crippen LogP contribution in [0.3, 0.4) is 0 Å².